The Morgan fingerprint density at radius 2 is 1.79 bits per heavy atom. The van der Waals surface area contributed by atoms with Crippen molar-refractivity contribution in [3.05, 3.63) is 66.4 Å². The predicted molar refractivity (Wildman–Crippen MR) is 119 cm³/mol. The molecule has 4 aromatic rings. The summed E-state index contributed by atoms with van der Waals surface area (Å²) in [6.45, 7) is 1.18. The van der Waals surface area contributed by atoms with Gasteiger partial charge in [-0.15, -0.1) is 0 Å². The SMILES string of the molecule is Fc1ccc(-c2c[nH]c3ncnc(Oc4c(F)cc(NC5=NCC6(CC6)CO5)cc4F)c23)cc1. The molecule has 2 N–H and O–H groups in total. The van der Waals surface area contributed by atoms with E-state index >= 15 is 0 Å². The minimum Gasteiger partial charge on any atom is -0.464 e. The minimum atomic E-state index is -0.928. The van der Waals surface area contributed by atoms with E-state index in [1.165, 1.54) is 18.5 Å². The van der Waals surface area contributed by atoms with E-state index in [2.05, 4.69) is 25.3 Å². The van der Waals surface area contributed by atoms with Crippen molar-refractivity contribution in [1.29, 1.82) is 0 Å². The van der Waals surface area contributed by atoms with Crippen molar-refractivity contribution in [1.82, 2.24) is 15.0 Å². The molecule has 0 amide bonds. The van der Waals surface area contributed by atoms with Gasteiger partial charge in [-0.05, 0) is 30.5 Å². The number of ether oxygens (including phenoxy) is 2. The van der Waals surface area contributed by atoms with Gasteiger partial charge in [0, 0.05) is 35.0 Å². The van der Waals surface area contributed by atoms with Gasteiger partial charge in [-0.2, -0.15) is 0 Å². The van der Waals surface area contributed by atoms with E-state index in [1.54, 1.807) is 18.3 Å². The van der Waals surface area contributed by atoms with Crippen LogP contribution in [0, 0.1) is 22.9 Å². The second kappa shape index (κ2) is 7.75. The third kappa shape index (κ3) is 3.70. The summed E-state index contributed by atoms with van der Waals surface area (Å²) in [5, 5.41) is 3.22. The van der Waals surface area contributed by atoms with E-state index < -0.39 is 17.4 Å². The van der Waals surface area contributed by atoms with E-state index in [-0.39, 0.29) is 28.8 Å². The standard InChI is InChI=1S/C24H18F3N5O2/c25-14-3-1-13(2-4-14)16-9-28-21-19(16)22(31-12-30-21)34-20-17(26)7-15(8-18(20)27)32-23-29-10-24(5-6-24)11-33-23/h1-4,7-9,12H,5-6,10-11H2,(H,29,32)(H,28,30,31). The van der Waals surface area contributed by atoms with Gasteiger partial charge in [0.05, 0.1) is 18.5 Å². The van der Waals surface area contributed by atoms with Crippen LogP contribution in [-0.4, -0.2) is 34.1 Å². The Labute approximate surface area is 191 Å². The molecule has 7 nitrogen and oxygen atoms in total. The van der Waals surface area contributed by atoms with Crippen LogP contribution < -0.4 is 10.1 Å². The molecule has 0 saturated heterocycles. The number of anilines is 1. The van der Waals surface area contributed by atoms with Gasteiger partial charge in [-0.1, -0.05) is 12.1 Å². The Bertz CT molecular complexity index is 1410. The number of benzene rings is 2. The van der Waals surface area contributed by atoms with Crippen LogP contribution in [0.15, 0.2) is 53.9 Å². The Kier molecular flexibility index (Phi) is 4.68. The molecule has 0 unspecified atom stereocenters. The second-order valence-corrected chi connectivity index (χ2v) is 8.52. The van der Waals surface area contributed by atoms with Crippen LogP contribution in [0.1, 0.15) is 12.8 Å². The third-order valence-electron chi connectivity index (χ3n) is 6.07. The van der Waals surface area contributed by atoms with Crippen LogP contribution >= 0.6 is 0 Å². The molecule has 10 heteroatoms. The molecule has 1 saturated carbocycles. The monoisotopic (exact) mass is 465 g/mol. The van der Waals surface area contributed by atoms with E-state index in [4.69, 9.17) is 9.47 Å². The maximum atomic E-state index is 14.9. The number of hydrogen-bond donors (Lipinski definition) is 2. The summed E-state index contributed by atoms with van der Waals surface area (Å²) < 4.78 is 54.3. The number of hydrogen-bond acceptors (Lipinski definition) is 6. The van der Waals surface area contributed by atoms with E-state index in [1.807, 2.05) is 0 Å². The fraction of sp³-hybridized carbons (Fsp3) is 0.208. The highest BCUT2D eigenvalue weighted by molar-refractivity contribution is 5.97. The first-order valence-corrected chi connectivity index (χ1v) is 10.7. The molecule has 1 spiro atoms. The maximum Gasteiger partial charge on any atom is 0.289 e. The molecule has 172 valence electrons. The number of nitrogens with zero attached hydrogens (tertiary/aromatic N) is 3. The highest BCUT2D eigenvalue weighted by atomic mass is 19.1. The van der Waals surface area contributed by atoms with Gasteiger partial charge >= 0.3 is 0 Å². The molecule has 0 bridgehead atoms. The Morgan fingerprint density at radius 3 is 2.47 bits per heavy atom. The van der Waals surface area contributed by atoms with Gasteiger partial charge in [-0.25, -0.2) is 28.1 Å². The smallest absolute Gasteiger partial charge is 0.289 e. The lowest BCUT2D eigenvalue weighted by Crippen LogP contribution is -2.29. The van der Waals surface area contributed by atoms with Crippen molar-refractivity contribution in [2.45, 2.75) is 12.8 Å². The molecular formula is C24H18F3N5O2. The molecule has 34 heavy (non-hydrogen) atoms. The van der Waals surface area contributed by atoms with Crippen molar-refractivity contribution in [2.24, 2.45) is 10.4 Å². The van der Waals surface area contributed by atoms with Gasteiger partial charge in [0.15, 0.2) is 11.6 Å². The van der Waals surface area contributed by atoms with Gasteiger partial charge in [0.25, 0.3) is 6.02 Å². The first-order chi connectivity index (χ1) is 16.5. The topological polar surface area (TPSA) is 84.4 Å². The average Bonchev–Trinajstić information content (AvgIpc) is 3.44. The maximum absolute atomic E-state index is 14.9. The number of aromatic amines is 1. The number of fused-ring (bicyclic) bond motifs is 1. The van der Waals surface area contributed by atoms with Crippen LogP contribution in [0.3, 0.4) is 0 Å². The summed E-state index contributed by atoms with van der Waals surface area (Å²) in [5.41, 5.74) is 1.96. The van der Waals surface area contributed by atoms with Gasteiger partial charge in [0.1, 0.15) is 17.8 Å². The number of H-pyrrole nitrogens is 1. The van der Waals surface area contributed by atoms with Crippen LogP contribution in [0.5, 0.6) is 11.6 Å². The summed E-state index contributed by atoms with van der Waals surface area (Å²) in [7, 11) is 0. The van der Waals surface area contributed by atoms with Crippen molar-refractivity contribution >= 4 is 22.7 Å². The number of halogens is 3. The number of nitrogens with one attached hydrogen (secondary N) is 2. The van der Waals surface area contributed by atoms with Crippen molar-refractivity contribution in [3.8, 4) is 22.8 Å². The zero-order chi connectivity index (χ0) is 23.3. The zero-order valence-electron chi connectivity index (χ0n) is 17.7. The second-order valence-electron chi connectivity index (χ2n) is 8.52. The third-order valence-corrected chi connectivity index (χ3v) is 6.07. The van der Waals surface area contributed by atoms with Crippen molar-refractivity contribution < 1.29 is 22.6 Å². The number of rotatable bonds is 4. The largest absolute Gasteiger partial charge is 0.464 e. The number of amidine groups is 1. The lowest BCUT2D eigenvalue weighted by molar-refractivity contribution is 0.205. The molecule has 0 radical (unpaired) electrons. The van der Waals surface area contributed by atoms with Crippen molar-refractivity contribution in [3.63, 3.8) is 0 Å². The lowest BCUT2D eigenvalue weighted by Gasteiger charge is -2.22. The Morgan fingerprint density at radius 1 is 1.03 bits per heavy atom. The summed E-state index contributed by atoms with van der Waals surface area (Å²) in [5.74, 6) is -2.89. The summed E-state index contributed by atoms with van der Waals surface area (Å²) in [6, 6.07) is 8.22. The molecule has 2 aromatic heterocycles. The van der Waals surface area contributed by atoms with Crippen molar-refractivity contribution in [2.75, 3.05) is 18.5 Å². The lowest BCUT2D eigenvalue weighted by atomic mass is 10.1. The first-order valence-electron chi connectivity index (χ1n) is 10.7. The molecule has 1 aliphatic carbocycles. The Hall–Kier alpha value is -4.08. The normalized spacial score (nSPS) is 16.3. The Balaban J connectivity index is 1.30. The molecule has 2 aliphatic rings. The zero-order valence-corrected chi connectivity index (χ0v) is 17.7. The van der Waals surface area contributed by atoms with E-state index in [9.17, 15) is 13.2 Å². The van der Waals surface area contributed by atoms with Gasteiger partial charge in [-0.3, -0.25) is 0 Å². The van der Waals surface area contributed by atoms with Crippen LogP contribution in [0.25, 0.3) is 22.2 Å². The fourth-order valence-electron chi connectivity index (χ4n) is 3.93. The van der Waals surface area contributed by atoms with Crippen LogP contribution in [0.2, 0.25) is 0 Å². The minimum absolute atomic E-state index is 0.0428. The molecule has 3 heterocycles. The number of aliphatic imine (C=N–C) groups is 1. The van der Waals surface area contributed by atoms with E-state index in [0.717, 1.165) is 25.0 Å². The summed E-state index contributed by atoms with van der Waals surface area (Å²) in [4.78, 5) is 15.5. The summed E-state index contributed by atoms with van der Waals surface area (Å²) in [6.07, 6.45) is 5.04. The average molecular weight is 465 g/mol. The predicted octanol–water partition coefficient (Wildman–Crippen LogP) is 5.41. The quantitative estimate of drug-likeness (QED) is 0.421. The van der Waals surface area contributed by atoms with Crippen LogP contribution in [-0.2, 0) is 4.74 Å². The van der Waals surface area contributed by atoms with Gasteiger partial charge < -0.3 is 19.8 Å². The highest BCUT2D eigenvalue weighted by Gasteiger charge is 2.45. The highest BCUT2D eigenvalue weighted by Crippen LogP contribution is 2.47. The molecule has 1 fully saturated rings. The molecule has 2 aromatic carbocycles. The fourth-order valence-corrected chi connectivity index (χ4v) is 3.93. The molecule has 6 rings (SSSR count). The first kappa shape index (κ1) is 20.5. The molecule has 0 atom stereocenters. The molecular weight excluding hydrogens is 447 g/mol. The summed E-state index contributed by atoms with van der Waals surface area (Å²) >= 11 is 0. The van der Waals surface area contributed by atoms with Gasteiger partial charge in [0.2, 0.25) is 11.6 Å². The number of aromatic nitrogens is 3. The van der Waals surface area contributed by atoms with E-state index in [0.29, 0.717) is 35.3 Å². The van der Waals surface area contributed by atoms with Crippen LogP contribution in [0.4, 0.5) is 18.9 Å². The molecule has 1 aliphatic heterocycles.